The number of fused-ring (bicyclic) bond motifs is 1. The number of rotatable bonds is 7. The van der Waals surface area contributed by atoms with E-state index >= 15 is 0 Å². The molecule has 3 rings (SSSR count). The van der Waals surface area contributed by atoms with Crippen molar-refractivity contribution in [1.82, 2.24) is 14.9 Å². The zero-order valence-electron chi connectivity index (χ0n) is 16.7. The quantitative estimate of drug-likeness (QED) is 0.635. The third-order valence-corrected chi connectivity index (χ3v) is 4.50. The predicted octanol–water partition coefficient (Wildman–Crippen LogP) is 3.58. The van der Waals surface area contributed by atoms with Gasteiger partial charge in [0, 0.05) is 6.04 Å². The van der Waals surface area contributed by atoms with Crippen molar-refractivity contribution in [3.63, 3.8) is 0 Å². The summed E-state index contributed by atoms with van der Waals surface area (Å²) in [7, 11) is 1.30. The number of para-hydroxylation sites is 2. The van der Waals surface area contributed by atoms with Crippen LogP contribution in [0.1, 0.15) is 30.0 Å². The van der Waals surface area contributed by atoms with Gasteiger partial charge in [0.25, 0.3) is 11.5 Å². The van der Waals surface area contributed by atoms with Gasteiger partial charge in [-0.2, -0.15) is 8.78 Å². The number of carbonyl (C=O) groups excluding carboxylic acids is 1. The average molecular weight is 417 g/mol. The van der Waals surface area contributed by atoms with Gasteiger partial charge in [0.2, 0.25) is 0 Å². The van der Waals surface area contributed by atoms with Crippen LogP contribution in [0.2, 0.25) is 0 Å². The zero-order chi connectivity index (χ0) is 21.8. The summed E-state index contributed by atoms with van der Waals surface area (Å²) in [6.07, 6.45) is 0. The van der Waals surface area contributed by atoms with E-state index in [0.717, 1.165) is 0 Å². The van der Waals surface area contributed by atoms with Gasteiger partial charge in [-0.1, -0.05) is 18.2 Å². The number of hydrogen-bond donors (Lipinski definition) is 1. The molecule has 0 atom stereocenters. The Hall–Kier alpha value is -3.49. The third-order valence-electron chi connectivity index (χ3n) is 4.50. The van der Waals surface area contributed by atoms with Crippen molar-refractivity contribution in [1.29, 1.82) is 0 Å². The van der Waals surface area contributed by atoms with Crippen LogP contribution in [-0.2, 0) is 6.54 Å². The number of hydrogen-bond acceptors (Lipinski definition) is 5. The van der Waals surface area contributed by atoms with Crippen LogP contribution in [0.3, 0.4) is 0 Å². The molecule has 1 amide bonds. The zero-order valence-corrected chi connectivity index (χ0v) is 16.7. The van der Waals surface area contributed by atoms with Gasteiger partial charge in [0.05, 0.1) is 30.1 Å². The lowest BCUT2D eigenvalue weighted by Gasteiger charge is -2.27. The lowest BCUT2D eigenvalue weighted by molar-refractivity contribution is -0.0517. The molecule has 3 aromatic rings. The van der Waals surface area contributed by atoms with Crippen LogP contribution in [0.4, 0.5) is 8.78 Å². The van der Waals surface area contributed by atoms with Crippen LogP contribution in [0.25, 0.3) is 10.9 Å². The Morgan fingerprint density at radius 3 is 2.57 bits per heavy atom. The molecule has 158 valence electrons. The summed E-state index contributed by atoms with van der Waals surface area (Å²) < 4.78 is 35.5. The Bertz CT molecular complexity index is 1110. The lowest BCUT2D eigenvalue weighted by atomic mass is 10.1. The molecular weight excluding hydrogens is 396 g/mol. The summed E-state index contributed by atoms with van der Waals surface area (Å²) in [6, 6.07) is 10.8. The molecule has 30 heavy (non-hydrogen) atoms. The molecule has 0 saturated carbocycles. The smallest absolute Gasteiger partial charge is 0.387 e. The molecule has 0 fully saturated rings. The first-order valence-corrected chi connectivity index (χ1v) is 9.22. The lowest BCUT2D eigenvalue weighted by Crippen LogP contribution is -2.37. The van der Waals surface area contributed by atoms with E-state index in [0.29, 0.717) is 10.9 Å². The van der Waals surface area contributed by atoms with Crippen molar-refractivity contribution in [2.24, 2.45) is 0 Å². The molecule has 0 aliphatic rings. The van der Waals surface area contributed by atoms with Crippen molar-refractivity contribution >= 4 is 16.8 Å². The molecule has 1 heterocycles. The second-order valence-electron chi connectivity index (χ2n) is 6.77. The van der Waals surface area contributed by atoms with Crippen LogP contribution >= 0.6 is 0 Å². The van der Waals surface area contributed by atoms with E-state index in [2.05, 4.69) is 14.7 Å². The summed E-state index contributed by atoms with van der Waals surface area (Å²) in [5.74, 6) is -0.608. The summed E-state index contributed by atoms with van der Waals surface area (Å²) >= 11 is 0. The van der Waals surface area contributed by atoms with Crippen LogP contribution in [-0.4, -0.2) is 40.5 Å². The third kappa shape index (κ3) is 4.40. The largest absolute Gasteiger partial charge is 0.493 e. The SMILES string of the molecule is COc1cccc(C(=O)N(Cc2nc3ccccc3c(=O)[nH]2)C(C)C)c1OC(F)F. The van der Waals surface area contributed by atoms with Gasteiger partial charge in [0.1, 0.15) is 5.82 Å². The standard InChI is InChI=1S/C21H21F2N3O4/c1-12(2)26(11-17-24-15-9-5-4-7-13(15)19(27)25-17)20(28)14-8-6-10-16(29-3)18(14)30-21(22)23/h4-10,12,21H,11H2,1-3H3,(H,24,25,27). The van der Waals surface area contributed by atoms with Gasteiger partial charge in [-0.25, -0.2) is 4.98 Å². The highest BCUT2D eigenvalue weighted by atomic mass is 19.3. The number of aromatic amines is 1. The highest BCUT2D eigenvalue weighted by Gasteiger charge is 2.26. The van der Waals surface area contributed by atoms with Gasteiger partial charge in [0.15, 0.2) is 11.5 Å². The first-order valence-electron chi connectivity index (χ1n) is 9.22. The van der Waals surface area contributed by atoms with E-state index < -0.39 is 12.5 Å². The van der Waals surface area contributed by atoms with Gasteiger partial charge in [-0.15, -0.1) is 0 Å². The van der Waals surface area contributed by atoms with Crippen molar-refractivity contribution in [2.75, 3.05) is 7.11 Å². The highest BCUT2D eigenvalue weighted by Crippen LogP contribution is 2.33. The maximum atomic E-state index is 13.2. The minimum Gasteiger partial charge on any atom is -0.493 e. The summed E-state index contributed by atoms with van der Waals surface area (Å²) in [5.41, 5.74) is 0.0943. The minimum atomic E-state index is -3.13. The van der Waals surface area contributed by atoms with E-state index in [4.69, 9.17) is 4.74 Å². The predicted molar refractivity (Wildman–Crippen MR) is 107 cm³/mol. The number of nitrogens with zero attached hydrogens (tertiary/aromatic N) is 2. The van der Waals surface area contributed by atoms with E-state index in [9.17, 15) is 18.4 Å². The van der Waals surface area contributed by atoms with Crippen LogP contribution in [0, 0.1) is 0 Å². The van der Waals surface area contributed by atoms with Crippen LogP contribution in [0.15, 0.2) is 47.3 Å². The second-order valence-corrected chi connectivity index (χ2v) is 6.77. The number of benzene rings is 2. The fraction of sp³-hybridized carbons (Fsp3) is 0.286. The average Bonchev–Trinajstić information content (AvgIpc) is 2.71. The Balaban J connectivity index is 2.00. The van der Waals surface area contributed by atoms with Gasteiger partial charge in [-0.3, -0.25) is 9.59 Å². The molecule has 0 radical (unpaired) electrons. The molecule has 0 bridgehead atoms. The number of nitrogens with one attached hydrogen (secondary N) is 1. The molecular formula is C21H21F2N3O4. The first kappa shape index (κ1) is 21.2. The highest BCUT2D eigenvalue weighted by molar-refractivity contribution is 5.98. The van der Waals surface area contributed by atoms with Crippen molar-refractivity contribution in [2.45, 2.75) is 33.0 Å². The molecule has 0 unspecified atom stereocenters. The Labute approximate surface area is 171 Å². The fourth-order valence-electron chi connectivity index (χ4n) is 3.07. The summed E-state index contributed by atoms with van der Waals surface area (Å²) in [4.78, 5) is 34.1. The molecule has 0 saturated heterocycles. The van der Waals surface area contributed by atoms with Crippen molar-refractivity contribution in [3.8, 4) is 11.5 Å². The van der Waals surface area contributed by atoms with Gasteiger partial charge < -0.3 is 19.4 Å². The molecule has 9 heteroatoms. The number of halogens is 2. The summed E-state index contributed by atoms with van der Waals surface area (Å²) in [6.45, 7) is 0.385. The maximum Gasteiger partial charge on any atom is 0.387 e. The van der Waals surface area contributed by atoms with Gasteiger partial charge >= 0.3 is 6.61 Å². The Morgan fingerprint density at radius 1 is 1.17 bits per heavy atom. The fourth-order valence-corrected chi connectivity index (χ4v) is 3.07. The second kappa shape index (κ2) is 8.89. The summed E-state index contributed by atoms with van der Waals surface area (Å²) in [5, 5.41) is 0.434. The van der Waals surface area contributed by atoms with Crippen molar-refractivity contribution in [3.05, 3.63) is 64.2 Å². The molecule has 1 aromatic heterocycles. The molecule has 0 spiro atoms. The van der Waals surface area contributed by atoms with E-state index in [-0.39, 0.29) is 41.0 Å². The molecule has 1 N–H and O–H groups in total. The van der Waals surface area contributed by atoms with E-state index in [1.54, 1.807) is 38.1 Å². The number of ether oxygens (including phenoxy) is 2. The Kier molecular flexibility index (Phi) is 6.29. The van der Waals surface area contributed by atoms with E-state index in [1.807, 2.05) is 0 Å². The van der Waals surface area contributed by atoms with Crippen LogP contribution < -0.4 is 15.0 Å². The molecule has 0 aliphatic heterocycles. The monoisotopic (exact) mass is 417 g/mol. The molecule has 2 aromatic carbocycles. The normalized spacial score (nSPS) is 11.2. The number of methoxy groups -OCH3 is 1. The Morgan fingerprint density at radius 2 is 1.90 bits per heavy atom. The van der Waals surface area contributed by atoms with E-state index in [1.165, 1.54) is 30.2 Å². The number of amides is 1. The first-order chi connectivity index (χ1) is 14.3. The number of alkyl halides is 2. The number of carbonyl (C=O) groups is 1. The maximum absolute atomic E-state index is 13.2. The number of aromatic nitrogens is 2. The topological polar surface area (TPSA) is 84.5 Å². The number of H-pyrrole nitrogens is 1. The van der Waals surface area contributed by atoms with Crippen molar-refractivity contribution < 1.29 is 23.0 Å². The molecule has 7 nitrogen and oxygen atoms in total. The molecule has 0 aliphatic carbocycles. The van der Waals surface area contributed by atoms with Crippen LogP contribution in [0.5, 0.6) is 11.5 Å². The van der Waals surface area contributed by atoms with Gasteiger partial charge in [-0.05, 0) is 38.1 Å². The minimum absolute atomic E-state index is 0.0158.